The van der Waals surface area contributed by atoms with Gasteiger partial charge in [0.15, 0.2) is 0 Å². The zero-order chi connectivity index (χ0) is 22.6. The number of esters is 1. The second kappa shape index (κ2) is 9.33. The first-order valence-electron chi connectivity index (χ1n) is 10.1. The Balaban J connectivity index is 1.69. The Morgan fingerprint density at radius 1 is 1.06 bits per heavy atom. The Morgan fingerprint density at radius 2 is 1.84 bits per heavy atom. The fourth-order valence-corrected chi connectivity index (χ4v) is 4.43. The van der Waals surface area contributed by atoms with Crippen molar-refractivity contribution in [3.63, 3.8) is 0 Å². The van der Waals surface area contributed by atoms with Crippen molar-refractivity contribution in [3.8, 4) is 11.1 Å². The van der Waals surface area contributed by atoms with Crippen LogP contribution >= 0.6 is 0 Å². The summed E-state index contributed by atoms with van der Waals surface area (Å²) in [5.41, 5.74) is 2.66. The van der Waals surface area contributed by atoms with Crippen LogP contribution in [0.15, 0.2) is 59.6 Å². The average Bonchev–Trinajstić information content (AvgIpc) is 2.81. The van der Waals surface area contributed by atoms with Crippen LogP contribution in [0.5, 0.6) is 0 Å². The minimum atomic E-state index is -3.58. The Labute approximate surface area is 186 Å². The molecule has 0 fully saturated rings. The van der Waals surface area contributed by atoms with Gasteiger partial charge >= 0.3 is 5.97 Å². The highest BCUT2D eigenvalue weighted by atomic mass is 32.2. The predicted molar refractivity (Wildman–Crippen MR) is 121 cm³/mol. The number of anilines is 3. The van der Waals surface area contributed by atoms with Gasteiger partial charge in [-0.3, -0.25) is 0 Å². The highest BCUT2D eigenvalue weighted by Crippen LogP contribution is 2.28. The Hall–Kier alpha value is -3.50. The molecule has 0 radical (unpaired) electrons. The Kier molecular flexibility index (Phi) is 6.33. The van der Waals surface area contributed by atoms with E-state index in [0.717, 1.165) is 17.5 Å². The molecule has 0 spiro atoms. The largest absolute Gasteiger partial charge is 0.465 e. The minimum absolute atomic E-state index is 0.181. The molecule has 4 rings (SSSR count). The number of methoxy groups -OCH3 is 1. The van der Waals surface area contributed by atoms with Crippen LogP contribution in [-0.2, 0) is 14.8 Å². The molecular weight excluding hydrogens is 430 g/mol. The van der Waals surface area contributed by atoms with Gasteiger partial charge in [0, 0.05) is 30.5 Å². The lowest BCUT2D eigenvalue weighted by molar-refractivity contribution is 0.0600. The van der Waals surface area contributed by atoms with Gasteiger partial charge in [0.25, 0.3) is 0 Å². The third kappa shape index (κ3) is 4.87. The van der Waals surface area contributed by atoms with Gasteiger partial charge in [-0.15, -0.1) is 0 Å². The number of aromatic nitrogens is 2. The summed E-state index contributed by atoms with van der Waals surface area (Å²) in [6, 6.07) is 13.5. The average molecular weight is 454 g/mol. The number of hydrogen-bond acceptors (Lipinski definition) is 8. The molecule has 166 valence electrons. The number of rotatable bonds is 2. The maximum absolute atomic E-state index is 12.5. The van der Waals surface area contributed by atoms with E-state index >= 15 is 0 Å². The van der Waals surface area contributed by atoms with Crippen molar-refractivity contribution in [1.82, 2.24) is 14.7 Å². The highest BCUT2D eigenvalue weighted by molar-refractivity contribution is 7.89. The van der Waals surface area contributed by atoms with E-state index in [-0.39, 0.29) is 4.90 Å². The molecule has 9 nitrogen and oxygen atoms in total. The Bertz CT molecular complexity index is 1230. The fourth-order valence-electron chi connectivity index (χ4n) is 3.31. The molecule has 4 bridgehead atoms. The van der Waals surface area contributed by atoms with E-state index in [1.54, 1.807) is 42.6 Å². The van der Waals surface area contributed by atoms with Gasteiger partial charge in [-0.05, 0) is 48.7 Å². The molecule has 1 aliphatic rings. The third-order valence-corrected chi connectivity index (χ3v) is 6.45. The van der Waals surface area contributed by atoms with Gasteiger partial charge in [0.1, 0.15) is 5.82 Å². The van der Waals surface area contributed by atoms with Gasteiger partial charge in [-0.25, -0.2) is 22.9 Å². The SMILES string of the molecule is COC(=O)c1ccc(-c2cnc3nc2NCCCCNS(=O)(=O)c2cccc(c2)N3)cc1. The van der Waals surface area contributed by atoms with E-state index in [9.17, 15) is 13.2 Å². The third-order valence-electron chi connectivity index (χ3n) is 4.99. The maximum atomic E-state index is 12.5. The molecule has 0 saturated heterocycles. The normalized spacial score (nSPS) is 15.5. The van der Waals surface area contributed by atoms with E-state index in [4.69, 9.17) is 4.74 Å². The lowest BCUT2D eigenvalue weighted by Crippen LogP contribution is -2.25. The van der Waals surface area contributed by atoms with Crippen LogP contribution in [-0.4, -0.2) is 44.6 Å². The van der Waals surface area contributed by atoms with Crippen molar-refractivity contribution in [1.29, 1.82) is 0 Å². The molecule has 3 N–H and O–H groups in total. The van der Waals surface area contributed by atoms with E-state index in [1.165, 1.54) is 7.11 Å². The molecule has 2 heterocycles. The van der Waals surface area contributed by atoms with Crippen molar-refractivity contribution in [2.24, 2.45) is 0 Å². The molecule has 3 aromatic rings. The zero-order valence-electron chi connectivity index (χ0n) is 17.5. The van der Waals surface area contributed by atoms with Gasteiger partial charge in [0.2, 0.25) is 16.0 Å². The molecule has 0 unspecified atom stereocenters. The Morgan fingerprint density at radius 3 is 2.62 bits per heavy atom. The monoisotopic (exact) mass is 453 g/mol. The number of nitrogens with zero attached hydrogens (tertiary/aromatic N) is 2. The topological polar surface area (TPSA) is 122 Å². The van der Waals surface area contributed by atoms with Gasteiger partial charge < -0.3 is 15.4 Å². The summed E-state index contributed by atoms with van der Waals surface area (Å²) in [6.07, 6.45) is 3.11. The molecular formula is C22H23N5O4S. The minimum Gasteiger partial charge on any atom is -0.465 e. The number of hydrogen-bond donors (Lipinski definition) is 3. The van der Waals surface area contributed by atoms with Crippen molar-refractivity contribution >= 4 is 33.4 Å². The molecule has 1 aromatic heterocycles. The van der Waals surface area contributed by atoms with Crippen LogP contribution in [0.1, 0.15) is 23.2 Å². The first kappa shape index (κ1) is 21.7. The van der Waals surface area contributed by atoms with E-state index < -0.39 is 16.0 Å². The van der Waals surface area contributed by atoms with Crippen molar-refractivity contribution in [2.75, 3.05) is 30.8 Å². The second-order valence-corrected chi connectivity index (χ2v) is 8.98. The molecule has 2 aromatic carbocycles. The van der Waals surface area contributed by atoms with Crippen LogP contribution in [0.2, 0.25) is 0 Å². The van der Waals surface area contributed by atoms with Crippen LogP contribution in [0.3, 0.4) is 0 Å². The molecule has 10 heteroatoms. The summed E-state index contributed by atoms with van der Waals surface area (Å²) in [5, 5.41) is 6.39. The number of carbonyl (C=O) groups excluding carboxylic acids is 1. The summed E-state index contributed by atoms with van der Waals surface area (Å²) in [5.74, 6) is 0.578. The summed E-state index contributed by atoms with van der Waals surface area (Å²) in [6.45, 7) is 0.954. The number of carbonyl (C=O) groups is 1. The summed E-state index contributed by atoms with van der Waals surface area (Å²) in [4.78, 5) is 20.9. The molecule has 0 amide bonds. The lowest BCUT2D eigenvalue weighted by Gasteiger charge is -2.15. The van der Waals surface area contributed by atoms with E-state index in [1.807, 2.05) is 12.1 Å². The van der Waals surface area contributed by atoms with E-state index in [0.29, 0.717) is 42.5 Å². The molecule has 0 aliphatic carbocycles. The fraction of sp³-hybridized carbons (Fsp3) is 0.227. The maximum Gasteiger partial charge on any atom is 0.337 e. The first-order valence-corrected chi connectivity index (χ1v) is 11.6. The summed E-state index contributed by atoms with van der Waals surface area (Å²) >= 11 is 0. The molecule has 1 aliphatic heterocycles. The predicted octanol–water partition coefficient (Wildman–Crippen LogP) is 3.16. The first-order chi connectivity index (χ1) is 15.5. The van der Waals surface area contributed by atoms with Crippen LogP contribution in [0.4, 0.5) is 17.5 Å². The zero-order valence-corrected chi connectivity index (χ0v) is 18.3. The number of sulfonamides is 1. The smallest absolute Gasteiger partial charge is 0.337 e. The number of fused-ring (bicyclic) bond motifs is 4. The summed E-state index contributed by atoms with van der Waals surface area (Å²) in [7, 11) is -2.23. The molecule has 0 atom stereocenters. The second-order valence-electron chi connectivity index (χ2n) is 7.21. The molecule has 0 saturated carbocycles. The molecule has 32 heavy (non-hydrogen) atoms. The lowest BCUT2D eigenvalue weighted by atomic mass is 10.1. The highest BCUT2D eigenvalue weighted by Gasteiger charge is 2.16. The standard InChI is InChI=1S/C22H23N5O4S/c1-31-21(28)16-9-7-15(8-10-16)19-14-24-22-26-17-5-4-6-18(13-17)32(29,30)25-12-3-2-11-23-20(19)27-22/h4-10,13-14,25H,2-3,11-12H2,1H3,(H2,23,24,26,27). The number of ether oxygens (including phenoxy) is 1. The van der Waals surface area contributed by atoms with Crippen LogP contribution in [0, 0.1) is 0 Å². The van der Waals surface area contributed by atoms with Crippen molar-refractivity contribution in [3.05, 3.63) is 60.3 Å². The van der Waals surface area contributed by atoms with Gasteiger partial charge in [0.05, 0.1) is 17.6 Å². The van der Waals surface area contributed by atoms with Crippen molar-refractivity contribution < 1.29 is 17.9 Å². The van der Waals surface area contributed by atoms with Crippen molar-refractivity contribution in [2.45, 2.75) is 17.7 Å². The van der Waals surface area contributed by atoms with Crippen LogP contribution in [0.25, 0.3) is 11.1 Å². The number of nitrogens with one attached hydrogen (secondary N) is 3. The van der Waals surface area contributed by atoms with Crippen LogP contribution < -0.4 is 15.4 Å². The number of benzene rings is 2. The van der Waals surface area contributed by atoms with E-state index in [2.05, 4.69) is 25.3 Å². The summed E-state index contributed by atoms with van der Waals surface area (Å²) < 4.78 is 32.4. The van der Waals surface area contributed by atoms with Gasteiger partial charge in [-0.1, -0.05) is 18.2 Å². The van der Waals surface area contributed by atoms with Gasteiger partial charge in [-0.2, -0.15) is 4.98 Å². The quantitative estimate of drug-likeness (QED) is 0.506.